The molecule has 5 nitrogen and oxygen atoms in total. The van der Waals surface area contributed by atoms with Crippen molar-refractivity contribution in [2.24, 2.45) is 4.99 Å². The van der Waals surface area contributed by atoms with E-state index in [9.17, 15) is 0 Å². The van der Waals surface area contributed by atoms with Crippen molar-refractivity contribution in [1.29, 1.82) is 0 Å². The Morgan fingerprint density at radius 1 is 1.38 bits per heavy atom. The minimum Gasteiger partial charge on any atom is -0.352 e. The maximum absolute atomic E-state index is 4.50. The number of imidazole rings is 1. The van der Waals surface area contributed by atoms with Gasteiger partial charge in [-0.2, -0.15) is 11.8 Å². The summed E-state index contributed by atoms with van der Waals surface area (Å²) >= 11 is 2.08. The Labute approximate surface area is 160 Å². The van der Waals surface area contributed by atoms with E-state index in [1.165, 1.54) is 23.3 Å². The molecule has 0 spiro atoms. The van der Waals surface area contributed by atoms with Crippen LogP contribution in [0, 0.1) is 6.92 Å². The number of aliphatic imine (C=N–C) groups is 1. The van der Waals surface area contributed by atoms with E-state index in [1.54, 1.807) is 0 Å². The van der Waals surface area contributed by atoms with Crippen molar-refractivity contribution in [2.75, 3.05) is 25.9 Å². The van der Waals surface area contributed by atoms with Gasteiger partial charge in [0.2, 0.25) is 0 Å². The van der Waals surface area contributed by atoms with Gasteiger partial charge in [-0.15, -0.1) is 0 Å². The highest BCUT2D eigenvalue weighted by atomic mass is 32.2. The fourth-order valence-corrected chi connectivity index (χ4v) is 4.46. The van der Waals surface area contributed by atoms with Crippen LogP contribution in [0.4, 0.5) is 0 Å². The standard InChI is InChI=1S/C20H29N5S/c1-4-19-15-25(10-11-26-19)20(21-3)23-13-17-6-5-7-18(12-17)14-24-9-8-22-16(24)2/h5-9,12,19H,4,10-11,13-15H2,1-3H3,(H,21,23). The van der Waals surface area contributed by atoms with E-state index >= 15 is 0 Å². The average Bonchev–Trinajstić information content (AvgIpc) is 3.07. The normalized spacial score (nSPS) is 18.2. The number of benzene rings is 1. The zero-order chi connectivity index (χ0) is 18.4. The predicted molar refractivity (Wildman–Crippen MR) is 111 cm³/mol. The second kappa shape index (κ2) is 9.12. The molecule has 2 heterocycles. The van der Waals surface area contributed by atoms with Crippen LogP contribution in [-0.2, 0) is 13.1 Å². The van der Waals surface area contributed by atoms with E-state index in [0.717, 1.165) is 38.0 Å². The first-order valence-electron chi connectivity index (χ1n) is 9.32. The first-order valence-corrected chi connectivity index (χ1v) is 10.4. The SMILES string of the molecule is CCC1CN(C(=NC)NCc2cccc(Cn3ccnc3C)c2)CCS1. The van der Waals surface area contributed by atoms with E-state index in [4.69, 9.17) is 0 Å². The molecule has 1 N–H and O–H groups in total. The van der Waals surface area contributed by atoms with Crippen LogP contribution in [0.5, 0.6) is 0 Å². The summed E-state index contributed by atoms with van der Waals surface area (Å²) in [6.07, 6.45) is 5.10. The van der Waals surface area contributed by atoms with Gasteiger partial charge in [0.05, 0.1) is 0 Å². The van der Waals surface area contributed by atoms with Crippen molar-refractivity contribution in [2.45, 2.75) is 38.6 Å². The second-order valence-corrected chi connectivity index (χ2v) is 8.08. The number of guanidine groups is 1. The van der Waals surface area contributed by atoms with Crippen LogP contribution in [0.1, 0.15) is 30.3 Å². The number of thioether (sulfide) groups is 1. The average molecular weight is 372 g/mol. The lowest BCUT2D eigenvalue weighted by molar-refractivity contribution is 0.408. The third-order valence-corrected chi connectivity index (χ3v) is 6.20. The monoisotopic (exact) mass is 371 g/mol. The number of nitrogens with zero attached hydrogens (tertiary/aromatic N) is 4. The molecule has 6 heteroatoms. The topological polar surface area (TPSA) is 45.5 Å². The highest BCUT2D eigenvalue weighted by molar-refractivity contribution is 8.00. The molecule has 1 saturated heterocycles. The van der Waals surface area contributed by atoms with E-state index in [0.29, 0.717) is 5.25 Å². The fraction of sp³-hybridized carbons (Fsp3) is 0.500. The molecule has 0 saturated carbocycles. The first-order chi connectivity index (χ1) is 12.7. The summed E-state index contributed by atoms with van der Waals surface area (Å²) in [6, 6.07) is 8.74. The van der Waals surface area contributed by atoms with Gasteiger partial charge in [0.1, 0.15) is 5.82 Å². The Morgan fingerprint density at radius 3 is 2.96 bits per heavy atom. The fourth-order valence-electron chi connectivity index (χ4n) is 3.28. The third kappa shape index (κ3) is 4.81. The summed E-state index contributed by atoms with van der Waals surface area (Å²) < 4.78 is 2.17. The molecule has 1 atom stereocenters. The summed E-state index contributed by atoms with van der Waals surface area (Å²) in [4.78, 5) is 11.2. The molecular formula is C20H29N5S. The molecule has 1 unspecified atom stereocenters. The first kappa shape index (κ1) is 18.8. The molecule has 26 heavy (non-hydrogen) atoms. The molecule has 3 rings (SSSR count). The summed E-state index contributed by atoms with van der Waals surface area (Å²) in [5, 5.41) is 4.26. The molecule has 1 aromatic heterocycles. The van der Waals surface area contributed by atoms with Crippen LogP contribution >= 0.6 is 11.8 Å². The zero-order valence-corrected chi connectivity index (χ0v) is 16.8. The van der Waals surface area contributed by atoms with E-state index < -0.39 is 0 Å². The number of aromatic nitrogens is 2. The van der Waals surface area contributed by atoms with Crippen molar-refractivity contribution < 1.29 is 0 Å². The number of rotatable bonds is 5. The van der Waals surface area contributed by atoms with Crippen LogP contribution in [0.25, 0.3) is 0 Å². The lowest BCUT2D eigenvalue weighted by Crippen LogP contribution is -2.47. The Balaban J connectivity index is 1.60. The molecule has 140 valence electrons. The summed E-state index contributed by atoms with van der Waals surface area (Å²) in [7, 11) is 1.88. The molecule has 0 bridgehead atoms. The Bertz CT molecular complexity index is 739. The third-order valence-electron chi connectivity index (χ3n) is 4.82. The lowest BCUT2D eigenvalue weighted by Gasteiger charge is -2.34. The van der Waals surface area contributed by atoms with E-state index in [1.807, 2.05) is 26.4 Å². The Hall–Kier alpha value is -1.95. The van der Waals surface area contributed by atoms with Gasteiger partial charge < -0.3 is 14.8 Å². The minimum absolute atomic E-state index is 0.712. The van der Waals surface area contributed by atoms with Crippen LogP contribution < -0.4 is 5.32 Å². The van der Waals surface area contributed by atoms with Gasteiger partial charge in [0.15, 0.2) is 5.96 Å². The molecule has 0 amide bonds. The van der Waals surface area contributed by atoms with Crippen LogP contribution in [0.3, 0.4) is 0 Å². The maximum Gasteiger partial charge on any atom is 0.193 e. The lowest BCUT2D eigenvalue weighted by atomic mass is 10.1. The molecule has 1 aliphatic rings. The molecule has 1 fully saturated rings. The van der Waals surface area contributed by atoms with Gasteiger partial charge in [0, 0.05) is 56.6 Å². The molecular weight excluding hydrogens is 342 g/mol. The van der Waals surface area contributed by atoms with E-state index in [-0.39, 0.29) is 0 Å². The summed E-state index contributed by atoms with van der Waals surface area (Å²) in [5.41, 5.74) is 2.57. The van der Waals surface area contributed by atoms with Crippen LogP contribution in [0.15, 0.2) is 41.7 Å². The smallest absolute Gasteiger partial charge is 0.193 e. The number of hydrogen-bond donors (Lipinski definition) is 1. The van der Waals surface area contributed by atoms with Gasteiger partial charge in [-0.3, -0.25) is 4.99 Å². The summed E-state index contributed by atoms with van der Waals surface area (Å²) in [5.74, 6) is 3.24. The second-order valence-electron chi connectivity index (χ2n) is 6.67. The van der Waals surface area contributed by atoms with Crippen molar-refractivity contribution >= 4 is 17.7 Å². The molecule has 0 radical (unpaired) electrons. The predicted octanol–water partition coefficient (Wildman–Crippen LogP) is 3.14. The molecule has 1 aromatic carbocycles. The van der Waals surface area contributed by atoms with Gasteiger partial charge in [0.25, 0.3) is 0 Å². The van der Waals surface area contributed by atoms with Crippen molar-refractivity contribution in [3.8, 4) is 0 Å². The van der Waals surface area contributed by atoms with Gasteiger partial charge in [-0.1, -0.05) is 31.2 Å². The van der Waals surface area contributed by atoms with Crippen molar-refractivity contribution in [3.05, 3.63) is 53.6 Å². The van der Waals surface area contributed by atoms with Gasteiger partial charge >= 0.3 is 0 Å². The highest BCUT2D eigenvalue weighted by Gasteiger charge is 2.21. The molecule has 0 aliphatic carbocycles. The van der Waals surface area contributed by atoms with Crippen LogP contribution in [-0.4, -0.2) is 51.6 Å². The summed E-state index contributed by atoms with van der Waals surface area (Å²) in [6.45, 7) is 8.11. The van der Waals surface area contributed by atoms with Gasteiger partial charge in [-0.05, 0) is 24.5 Å². The maximum atomic E-state index is 4.50. The number of aryl methyl sites for hydroxylation is 1. The number of hydrogen-bond acceptors (Lipinski definition) is 3. The largest absolute Gasteiger partial charge is 0.352 e. The van der Waals surface area contributed by atoms with Crippen molar-refractivity contribution in [3.63, 3.8) is 0 Å². The minimum atomic E-state index is 0.712. The Kier molecular flexibility index (Phi) is 6.61. The van der Waals surface area contributed by atoms with E-state index in [2.05, 4.69) is 67.7 Å². The molecule has 1 aliphatic heterocycles. The quantitative estimate of drug-likeness (QED) is 0.648. The molecule has 2 aromatic rings. The zero-order valence-electron chi connectivity index (χ0n) is 16.0. The van der Waals surface area contributed by atoms with Crippen molar-refractivity contribution in [1.82, 2.24) is 19.8 Å². The van der Waals surface area contributed by atoms with Crippen LogP contribution in [0.2, 0.25) is 0 Å². The van der Waals surface area contributed by atoms with Gasteiger partial charge in [-0.25, -0.2) is 4.98 Å². The number of nitrogens with one attached hydrogen (secondary N) is 1. The Morgan fingerprint density at radius 2 is 2.23 bits per heavy atom. The highest BCUT2D eigenvalue weighted by Crippen LogP contribution is 2.21.